The van der Waals surface area contributed by atoms with Crippen LogP contribution < -0.4 is 0 Å². The molecule has 1 fully saturated rings. The Morgan fingerprint density at radius 3 is 2.38 bits per heavy atom. The third kappa shape index (κ3) is 5.88. The maximum atomic E-state index is 13.8. The van der Waals surface area contributed by atoms with E-state index in [2.05, 4.69) is 25.9 Å². The third-order valence-electron chi connectivity index (χ3n) is 6.12. The van der Waals surface area contributed by atoms with E-state index in [1.54, 1.807) is 42.7 Å². The molecule has 1 aliphatic rings. The minimum atomic E-state index is -0.632. The van der Waals surface area contributed by atoms with Gasteiger partial charge in [-0.2, -0.15) is 0 Å². The SMILES string of the molecule is Cc1nc(-c2ccccc2)nc(C(=O)N2CCN(C(=O)c3cccc(Br)c3)C(C)C2)c1C(=O)OC(C)C. The van der Waals surface area contributed by atoms with E-state index in [1.165, 1.54) is 0 Å². The molecule has 0 bridgehead atoms. The van der Waals surface area contributed by atoms with Gasteiger partial charge in [0, 0.05) is 41.3 Å². The van der Waals surface area contributed by atoms with Crippen LogP contribution in [0, 0.1) is 6.92 Å². The van der Waals surface area contributed by atoms with Crippen molar-refractivity contribution in [3.8, 4) is 11.4 Å². The molecule has 2 aromatic carbocycles. The van der Waals surface area contributed by atoms with Crippen molar-refractivity contribution >= 4 is 33.7 Å². The van der Waals surface area contributed by atoms with Crippen LogP contribution in [-0.2, 0) is 4.74 Å². The topological polar surface area (TPSA) is 92.7 Å². The first-order valence-electron chi connectivity index (χ1n) is 12.2. The van der Waals surface area contributed by atoms with Gasteiger partial charge in [-0.3, -0.25) is 9.59 Å². The number of carbonyl (C=O) groups is 3. The fourth-order valence-corrected chi connectivity index (χ4v) is 4.74. The number of hydrogen-bond acceptors (Lipinski definition) is 6. The van der Waals surface area contributed by atoms with E-state index in [4.69, 9.17) is 4.74 Å². The number of carbonyl (C=O) groups excluding carboxylic acids is 3. The van der Waals surface area contributed by atoms with E-state index in [9.17, 15) is 14.4 Å². The molecule has 0 spiro atoms. The van der Waals surface area contributed by atoms with E-state index < -0.39 is 5.97 Å². The van der Waals surface area contributed by atoms with Crippen molar-refractivity contribution in [3.63, 3.8) is 0 Å². The largest absolute Gasteiger partial charge is 0.459 e. The van der Waals surface area contributed by atoms with Crippen LogP contribution >= 0.6 is 15.9 Å². The van der Waals surface area contributed by atoms with Crippen LogP contribution in [0.3, 0.4) is 0 Å². The molecule has 2 amide bonds. The van der Waals surface area contributed by atoms with E-state index in [1.807, 2.05) is 49.4 Å². The normalized spacial score (nSPS) is 15.6. The smallest absolute Gasteiger partial charge is 0.342 e. The second-order valence-corrected chi connectivity index (χ2v) is 10.2. The summed E-state index contributed by atoms with van der Waals surface area (Å²) in [5, 5.41) is 0. The standard InChI is InChI=1S/C28H29BrN4O4/c1-17(2)37-28(36)23-19(4)30-25(20-9-6-5-7-10-20)31-24(23)27(35)32-13-14-33(18(3)16-32)26(34)21-11-8-12-22(29)15-21/h5-12,15,17-18H,13-14,16H2,1-4H3. The first-order valence-corrected chi connectivity index (χ1v) is 13.0. The van der Waals surface area contributed by atoms with E-state index >= 15 is 0 Å². The first kappa shape index (κ1) is 26.5. The van der Waals surface area contributed by atoms with Crippen LogP contribution in [0.5, 0.6) is 0 Å². The molecule has 192 valence electrons. The van der Waals surface area contributed by atoms with Crippen molar-refractivity contribution < 1.29 is 19.1 Å². The second-order valence-electron chi connectivity index (χ2n) is 9.29. The summed E-state index contributed by atoms with van der Waals surface area (Å²) in [6, 6.07) is 16.3. The van der Waals surface area contributed by atoms with Gasteiger partial charge in [0.05, 0.1) is 11.8 Å². The van der Waals surface area contributed by atoms with Gasteiger partial charge in [-0.15, -0.1) is 0 Å². The number of ether oxygens (including phenoxy) is 1. The molecular weight excluding hydrogens is 536 g/mol. The number of rotatable bonds is 5. The zero-order valence-electron chi connectivity index (χ0n) is 21.3. The number of halogens is 1. The molecule has 4 rings (SSSR count). The van der Waals surface area contributed by atoms with Gasteiger partial charge < -0.3 is 14.5 Å². The van der Waals surface area contributed by atoms with E-state index in [-0.39, 0.29) is 35.2 Å². The Bertz CT molecular complexity index is 1330. The van der Waals surface area contributed by atoms with Crippen molar-refractivity contribution in [1.82, 2.24) is 19.8 Å². The van der Waals surface area contributed by atoms with E-state index in [0.717, 1.165) is 10.0 Å². The zero-order valence-corrected chi connectivity index (χ0v) is 22.9. The average Bonchev–Trinajstić information content (AvgIpc) is 2.87. The highest BCUT2D eigenvalue weighted by molar-refractivity contribution is 9.10. The van der Waals surface area contributed by atoms with Gasteiger partial charge in [-0.05, 0) is 45.9 Å². The molecule has 0 radical (unpaired) electrons. The summed E-state index contributed by atoms with van der Waals surface area (Å²) in [5.74, 6) is -0.753. The van der Waals surface area contributed by atoms with Gasteiger partial charge in [-0.25, -0.2) is 14.8 Å². The summed E-state index contributed by atoms with van der Waals surface area (Å²) in [7, 11) is 0. The highest BCUT2D eigenvalue weighted by Gasteiger charge is 2.34. The number of nitrogens with zero attached hydrogens (tertiary/aromatic N) is 4. The van der Waals surface area contributed by atoms with E-state index in [0.29, 0.717) is 36.7 Å². The maximum absolute atomic E-state index is 13.8. The lowest BCUT2D eigenvalue weighted by Crippen LogP contribution is -2.55. The molecule has 37 heavy (non-hydrogen) atoms. The number of esters is 1. The Hall–Kier alpha value is -3.59. The van der Waals surface area contributed by atoms with Crippen LogP contribution in [0.15, 0.2) is 59.1 Å². The van der Waals surface area contributed by atoms with Gasteiger partial charge in [0.25, 0.3) is 11.8 Å². The van der Waals surface area contributed by atoms with Gasteiger partial charge in [0.15, 0.2) is 5.82 Å². The number of benzene rings is 2. The van der Waals surface area contributed by atoms with Crippen molar-refractivity contribution in [1.29, 1.82) is 0 Å². The third-order valence-corrected chi connectivity index (χ3v) is 6.61. The number of aryl methyl sites for hydroxylation is 1. The molecule has 1 saturated heterocycles. The van der Waals surface area contributed by atoms with Crippen LogP contribution in [-0.4, -0.2) is 69.3 Å². The Balaban J connectivity index is 1.64. The first-order chi connectivity index (χ1) is 17.7. The maximum Gasteiger partial charge on any atom is 0.342 e. The van der Waals surface area contributed by atoms with Crippen molar-refractivity contribution in [2.24, 2.45) is 0 Å². The molecule has 1 unspecified atom stereocenters. The lowest BCUT2D eigenvalue weighted by Gasteiger charge is -2.40. The fraction of sp³-hybridized carbons (Fsp3) is 0.321. The number of aromatic nitrogens is 2. The molecule has 0 aliphatic carbocycles. The average molecular weight is 565 g/mol. The predicted molar refractivity (Wildman–Crippen MR) is 143 cm³/mol. The summed E-state index contributed by atoms with van der Waals surface area (Å²) in [4.78, 5) is 52.4. The summed E-state index contributed by atoms with van der Waals surface area (Å²) in [6.45, 7) is 8.06. The summed E-state index contributed by atoms with van der Waals surface area (Å²) in [6.07, 6.45) is -0.365. The molecule has 9 heteroatoms. The van der Waals surface area contributed by atoms with Gasteiger partial charge >= 0.3 is 5.97 Å². The summed E-state index contributed by atoms with van der Waals surface area (Å²) < 4.78 is 6.25. The predicted octanol–water partition coefficient (Wildman–Crippen LogP) is 4.77. The molecule has 1 aliphatic heterocycles. The van der Waals surface area contributed by atoms with Gasteiger partial charge in [0.1, 0.15) is 11.3 Å². The van der Waals surface area contributed by atoms with Crippen LogP contribution in [0.4, 0.5) is 0 Å². The summed E-state index contributed by atoms with van der Waals surface area (Å²) in [5.41, 5.74) is 1.77. The molecule has 0 saturated carbocycles. The van der Waals surface area contributed by atoms with Gasteiger partial charge in [-0.1, -0.05) is 52.3 Å². The lowest BCUT2D eigenvalue weighted by atomic mass is 10.1. The molecule has 2 heterocycles. The van der Waals surface area contributed by atoms with Crippen LogP contribution in [0.25, 0.3) is 11.4 Å². The minimum absolute atomic E-state index is 0.0102. The molecule has 3 aromatic rings. The molecule has 0 N–H and O–H groups in total. The Morgan fingerprint density at radius 2 is 1.73 bits per heavy atom. The number of hydrogen-bond donors (Lipinski definition) is 0. The zero-order chi connectivity index (χ0) is 26.7. The monoisotopic (exact) mass is 564 g/mol. The van der Waals surface area contributed by atoms with Crippen LogP contribution in [0.1, 0.15) is 57.7 Å². The Kier molecular flexibility index (Phi) is 8.02. The van der Waals surface area contributed by atoms with Crippen molar-refractivity contribution in [3.05, 3.63) is 81.6 Å². The van der Waals surface area contributed by atoms with Crippen LogP contribution in [0.2, 0.25) is 0 Å². The second kappa shape index (κ2) is 11.2. The molecular formula is C28H29BrN4O4. The highest BCUT2D eigenvalue weighted by Crippen LogP contribution is 2.24. The number of amides is 2. The minimum Gasteiger partial charge on any atom is -0.459 e. The molecule has 1 atom stereocenters. The molecule has 1 aromatic heterocycles. The summed E-state index contributed by atoms with van der Waals surface area (Å²) >= 11 is 3.41. The van der Waals surface area contributed by atoms with Crippen molar-refractivity contribution in [2.45, 2.75) is 39.8 Å². The Morgan fingerprint density at radius 1 is 1.00 bits per heavy atom. The highest BCUT2D eigenvalue weighted by atomic mass is 79.9. The fourth-order valence-electron chi connectivity index (χ4n) is 4.34. The lowest BCUT2D eigenvalue weighted by molar-refractivity contribution is 0.0360. The quantitative estimate of drug-likeness (QED) is 0.414. The van der Waals surface area contributed by atoms with Gasteiger partial charge in [0.2, 0.25) is 0 Å². The Labute approximate surface area is 224 Å². The number of piperazine rings is 1. The molecule has 8 nitrogen and oxygen atoms in total. The van der Waals surface area contributed by atoms with Crippen molar-refractivity contribution in [2.75, 3.05) is 19.6 Å².